The summed E-state index contributed by atoms with van der Waals surface area (Å²) in [5, 5.41) is 3.15. The van der Waals surface area contributed by atoms with Gasteiger partial charge in [0.2, 0.25) is 0 Å². The summed E-state index contributed by atoms with van der Waals surface area (Å²) in [5.41, 5.74) is 0.959. The Kier molecular flexibility index (Phi) is 5.44. The zero-order valence-corrected chi connectivity index (χ0v) is 14.3. The molecule has 1 N–H and O–H groups in total. The Labute approximate surface area is 141 Å². The van der Waals surface area contributed by atoms with Crippen molar-refractivity contribution in [2.45, 2.75) is 49.3 Å². The number of rotatable bonds is 5. The highest BCUT2D eigenvalue weighted by Crippen LogP contribution is 2.26. The van der Waals surface area contributed by atoms with E-state index in [1.54, 1.807) is 18.0 Å². The van der Waals surface area contributed by atoms with Crippen molar-refractivity contribution in [3.63, 3.8) is 0 Å². The molecule has 0 spiro atoms. The Hall–Kier alpha value is -1.68. The highest BCUT2D eigenvalue weighted by molar-refractivity contribution is 7.98. The molecule has 0 saturated heterocycles. The molecule has 0 radical (unpaired) electrons. The first-order chi connectivity index (χ1) is 11.2. The van der Waals surface area contributed by atoms with Crippen LogP contribution in [-0.4, -0.2) is 11.9 Å². The van der Waals surface area contributed by atoms with E-state index in [-0.39, 0.29) is 11.9 Å². The van der Waals surface area contributed by atoms with Crippen molar-refractivity contribution < 1.29 is 9.21 Å². The quantitative estimate of drug-likeness (QED) is 0.795. The van der Waals surface area contributed by atoms with Gasteiger partial charge < -0.3 is 9.73 Å². The smallest absolute Gasteiger partial charge is 0.287 e. The molecule has 3 rings (SSSR count). The Morgan fingerprint density at radius 2 is 2.09 bits per heavy atom. The van der Waals surface area contributed by atoms with Crippen LogP contribution in [0.5, 0.6) is 0 Å². The summed E-state index contributed by atoms with van der Waals surface area (Å²) in [6, 6.07) is 12.4. The number of carbonyl (C=O) groups excluding carboxylic acids is 1. The van der Waals surface area contributed by atoms with Crippen LogP contribution < -0.4 is 5.32 Å². The minimum Gasteiger partial charge on any atom is -0.459 e. The van der Waals surface area contributed by atoms with Crippen molar-refractivity contribution in [2.75, 3.05) is 0 Å². The second-order valence-corrected chi connectivity index (χ2v) is 7.37. The maximum Gasteiger partial charge on any atom is 0.287 e. The molecule has 1 aliphatic carbocycles. The fraction of sp³-hybridized carbons (Fsp3) is 0.421. The SMILES string of the molecule is CC1CCCC(NC(=O)c2occc2CSc2ccccc2)C1. The van der Waals surface area contributed by atoms with Crippen molar-refractivity contribution in [3.05, 3.63) is 54.0 Å². The van der Waals surface area contributed by atoms with Gasteiger partial charge in [0.25, 0.3) is 5.91 Å². The number of carbonyl (C=O) groups is 1. The lowest BCUT2D eigenvalue weighted by atomic mass is 9.87. The van der Waals surface area contributed by atoms with Gasteiger partial charge >= 0.3 is 0 Å². The van der Waals surface area contributed by atoms with E-state index in [0.717, 1.165) is 24.2 Å². The number of hydrogen-bond donors (Lipinski definition) is 1. The van der Waals surface area contributed by atoms with Crippen LogP contribution in [0, 0.1) is 5.92 Å². The van der Waals surface area contributed by atoms with Crippen LogP contribution in [-0.2, 0) is 5.75 Å². The monoisotopic (exact) mass is 329 g/mol. The van der Waals surface area contributed by atoms with Crippen molar-refractivity contribution in [1.82, 2.24) is 5.32 Å². The summed E-state index contributed by atoms with van der Waals surface area (Å²) in [4.78, 5) is 13.7. The first-order valence-electron chi connectivity index (χ1n) is 8.27. The van der Waals surface area contributed by atoms with Gasteiger partial charge in [0, 0.05) is 22.3 Å². The van der Waals surface area contributed by atoms with Crippen LogP contribution >= 0.6 is 11.8 Å². The molecule has 4 heteroatoms. The molecule has 0 aliphatic heterocycles. The number of hydrogen-bond acceptors (Lipinski definition) is 3. The van der Waals surface area contributed by atoms with Crippen molar-refractivity contribution in [1.29, 1.82) is 0 Å². The number of nitrogens with one attached hydrogen (secondary N) is 1. The lowest BCUT2D eigenvalue weighted by molar-refractivity contribution is 0.0892. The molecule has 2 unspecified atom stereocenters. The van der Waals surface area contributed by atoms with Crippen molar-refractivity contribution >= 4 is 17.7 Å². The van der Waals surface area contributed by atoms with Gasteiger partial charge in [-0.3, -0.25) is 4.79 Å². The van der Waals surface area contributed by atoms with Crippen molar-refractivity contribution in [2.24, 2.45) is 5.92 Å². The average molecular weight is 329 g/mol. The molecule has 23 heavy (non-hydrogen) atoms. The lowest BCUT2D eigenvalue weighted by Crippen LogP contribution is -2.38. The van der Waals surface area contributed by atoms with E-state index in [2.05, 4.69) is 24.4 Å². The Morgan fingerprint density at radius 3 is 2.87 bits per heavy atom. The van der Waals surface area contributed by atoms with Crippen LogP contribution in [0.15, 0.2) is 52.0 Å². The van der Waals surface area contributed by atoms with E-state index < -0.39 is 0 Å². The van der Waals surface area contributed by atoms with Gasteiger partial charge in [0.05, 0.1) is 6.26 Å². The van der Waals surface area contributed by atoms with E-state index in [9.17, 15) is 4.79 Å². The van der Waals surface area contributed by atoms with E-state index >= 15 is 0 Å². The molecule has 1 aromatic heterocycles. The summed E-state index contributed by atoms with van der Waals surface area (Å²) in [6.45, 7) is 2.26. The van der Waals surface area contributed by atoms with Gasteiger partial charge in [-0.05, 0) is 37.0 Å². The predicted octanol–water partition coefficient (Wildman–Crippen LogP) is 4.88. The molecule has 1 aromatic carbocycles. The third kappa shape index (κ3) is 4.41. The zero-order chi connectivity index (χ0) is 16.1. The summed E-state index contributed by atoms with van der Waals surface area (Å²) in [5.74, 6) is 1.83. The van der Waals surface area contributed by atoms with Gasteiger partial charge in [0.1, 0.15) is 0 Å². The van der Waals surface area contributed by atoms with Gasteiger partial charge in [-0.2, -0.15) is 0 Å². The van der Waals surface area contributed by atoms with Gasteiger partial charge in [-0.15, -0.1) is 11.8 Å². The highest BCUT2D eigenvalue weighted by Gasteiger charge is 2.23. The largest absolute Gasteiger partial charge is 0.459 e. The number of amides is 1. The molecule has 0 bridgehead atoms. The van der Waals surface area contributed by atoms with E-state index in [0.29, 0.717) is 11.7 Å². The van der Waals surface area contributed by atoms with E-state index in [1.807, 2.05) is 24.3 Å². The third-order valence-corrected chi connectivity index (χ3v) is 5.42. The number of furan rings is 1. The summed E-state index contributed by atoms with van der Waals surface area (Å²) in [7, 11) is 0. The molecule has 1 heterocycles. The van der Waals surface area contributed by atoms with Crippen LogP contribution in [0.2, 0.25) is 0 Å². The number of benzene rings is 1. The molecule has 2 atom stereocenters. The molecule has 2 aromatic rings. The molecular formula is C19H23NO2S. The molecule has 1 amide bonds. The Morgan fingerprint density at radius 1 is 1.26 bits per heavy atom. The van der Waals surface area contributed by atoms with Gasteiger partial charge in [-0.1, -0.05) is 38.0 Å². The maximum absolute atomic E-state index is 12.5. The second-order valence-electron chi connectivity index (χ2n) is 6.32. The first-order valence-corrected chi connectivity index (χ1v) is 9.26. The molecule has 3 nitrogen and oxygen atoms in total. The highest BCUT2D eigenvalue weighted by atomic mass is 32.2. The Bertz CT molecular complexity index is 638. The molecule has 1 fully saturated rings. The summed E-state index contributed by atoms with van der Waals surface area (Å²) < 4.78 is 5.46. The standard InChI is InChI=1S/C19H23NO2S/c1-14-6-5-7-16(12-14)20-19(21)18-15(10-11-22-18)13-23-17-8-3-2-4-9-17/h2-4,8-11,14,16H,5-7,12-13H2,1H3,(H,20,21). The van der Waals surface area contributed by atoms with Gasteiger partial charge in [-0.25, -0.2) is 0 Å². The predicted molar refractivity (Wildman–Crippen MR) is 93.6 cm³/mol. The minimum atomic E-state index is -0.0715. The average Bonchev–Trinajstić information content (AvgIpc) is 3.02. The fourth-order valence-corrected chi connectivity index (χ4v) is 4.04. The van der Waals surface area contributed by atoms with Crippen LogP contribution in [0.3, 0.4) is 0 Å². The van der Waals surface area contributed by atoms with Crippen LogP contribution in [0.25, 0.3) is 0 Å². The van der Waals surface area contributed by atoms with Crippen molar-refractivity contribution in [3.8, 4) is 0 Å². The normalized spacial score (nSPS) is 21.1. The number of thioether (sulfide) groups is 1. The minimum absolute atomic E-state index is 0.0715. The third-order valence-electron chi connectivity index (χ3n) is 4.36. The topological polar surface area (TPSA) is 42.2 Å². The molecular weight excluding hydrogens is 306 g/mol. The van der Waals surface area contributed by atoms with E-state index in [4.69, 9.17) is 4.42 Å². The first kappa shape index (κ1) is 16.2. The Balaban J connectivity index is 1.59. The van der Waals surface area contributed by atoms with Gasteiger partial charge in [0.15, 0.2) is 5.76 Å². The molecule has 1 saturated carbocycles. The molecule has 122 valence electrons. The lowest BCUT2D eigenvalue weighted by Gasteiger charge is -2.27. The fourth-order valence-electron chi connectivity index (χ4n) is 3.14. The summed E-state index contributed by atoms with van der Waals surface area (Å²) >= 11 is 1.72. The second kappa shape index (κ2) is 7.73. The zero-order valence-electron chi connectivity index (χ0n) is 13.5. The summed E-state index contributed by atoms with van der Waals surface area (Å²) in [6.07, 6.45) is 6.22. The maximum atomic E-state index is 12.5. The van der Waals surface area contributed by atoms with Crippen LogP contribution in [0.1, 0.15) is 48.7 Å². The van der Waals surface area contributed by atoms with E-state index in [1.165, 1.54) is 17.7 Å². The van der Waals surface area contributed by atoms with Crippen LogP contribution in [0.4, 0.5) is 0 Å². The molecule has 1 aliphatic rings.